The fraction of sp³-hybridized carbons (Fsp3) is 1.00. The second-order valence-corrected chi connectivity index (χ2v) is 2.53. The molecule has 4 heteroatoms. The van der Waals surface area contributed by atoms with E-state index in [4.69, 9.17) is 9.84 Å². The maximum absolute atomic E-state index is 8.54. The molecule has 0 aromatic rings. The molecular formula is C7H15NO2V. The molecular weight excluding hydrogens is 181 g/mol. The van der Waals surface area contributed by atoms with Gasteiger partial charge in [-0.2, -0.15) is 0 Å². The first kappa shape index (κ1) is 11.5. The van der Waals surface area contributed by atoms with E-state index in [9.17, 15) is 0 Å². The Morgan fingerprint density at radius 2 is 1.91 bits per heavy atom. The zero-order valence-corrected chi connectivity index (χ0v) is 8.10. The van der Waals surface area contributed by atoms with E-state index < -0.39 is 0 Å². The molecule has 3 nitrogen and oxygen atoms in total. The Hall–Kier alpha value is 0.464. The minimum Gasteiger partial charge on any atom is -0.396 e. The fourth-order valence-corrected chi connectivity index (χ4v) is 1.12. The van der Waals surface area contributed by atoms with E-state index in [0.29, 0.717) is 6.61 Å². The largest absolute Gasteiger partial charge is 0.396 e. The standard InChI is InChI=1S/C7H15NO2.V/c9-5-1-2-8-3-6-10-7-4-8;/h9H,1-7H2;. The summed E-state index contributed by atoms with van der Waals surface area (Å²) in [5, 5.41) is 8.54. The van der Waals surface area contributed by atoms with Gasteiger partial charge in [-0.15, -0.1) is 0 Å². The van der Waals surface area contributed by atoms with Gasteiger partial charge in [-0.05, 0) is 6.42 Å². The first-order chi connectivity index (χ1) is 4.93. The molecule has 1 N–H and O–H groups in total. The van der Waals surface area contributed by atoms with Crippen LogP contribution in [-0.2, 0) is 23.3 Å². The van der Waals surface area contributed by atoms with Crippen molar-refractivity contribution in [2.24, 2.45) is 0 Å². The zero-order chi connectivity index (χ0) is 7.23. The van der Waals surface area contributed by atoms with Crippen LogP contribution >= 0.6 is 0 Å². The van der Waals surface area contributed by atoms with Gasteiger partial charge in [0.2, 0.25) is 0 Å². The molecule has 0 aromatic carbocycles. The van der Waals surface area contributed by atoms with Crippen molar-refractivity contribution in [1.29, 1.82) is 0 Å². The summed E-state index contributed by atoms with van der Waals surface area (Å²) in [7, 11) is 0. The van der Waals surface area contributed by atoms with Gasteiger partial charge in [0.15, 0.2) is 0 Å². The molecule has 11 heavy (non-hydrogen) atoms. The molecule has 0 bridgehead atoms. The SMILES string of the molecule is OCCCN1CCOCC1.[V]. The first-order valence-corrected chi connectivity index (χ1v) is 3.84. The Labute approximate surface area is 79.6 Å². The minimum atomic E-state index is 0. The van der Waals surface area contributed by atoms with Crippen molar-refractivity contribution in [2.45, 2.75) is 6.42 Å². The molecule has 1 heterocycles. The van der Waals surface area contributed by atoms with Gasteiger partial charge in [-0.25, -0.2) is 0 Å². The van der Waals surface area contributed by atoms with Crippen molar-refractivity contribution in [1.82, 2.24) is 4.90 Å². The van der Waals surface area contributed by atoms with E-state index in [2.05, 4.69) is 4.90 Å². The quantitative estimate of drug-likeness (QED) is 0.672. The molecule has 65 valence electrons. The van der Waals surface area contributed by atoms with Gasteiger partial charge in [0.25, 0.3) is 0 Å². The van der Waals surface area contributed by atoms with Crippen LogP contribution < -0.4 is 0 Å². The summed E-state index contributed by atoms with van der Waals surface area (Å²) in [5.74, 6) is 0. The smallest absolute Gasteiger partial charge is 0.0594 e. The van der Waals surface area contributed by atoms with E-state index in [1.165, 1.54) is 0 Å². The van der Waals surface area contributed by atoms with Crippen molar-refractivity contribution in [3.8, 4) is 0 Å². The molecule has 0 aliphatic carbocycles. The summed E-state index contributed by atoms with van der Waals surface area (Å²) in [6.45, 7) is 5.08. The van der Waals surface area contributed by atoms with Crippen molar-refractivity contribution in [3.05, 3.63) is 0 Å². The maximum Gasteiger partial charge on any atom is 0.0594 e. The Bertz CT molecular complexity index is 86.5. The average Bonchev–Trinajstić information content (AvgIpc) is 2.03. The van der Waals surface area contributed by atoms with E-state index in [1.807, 2.05) is 0 Å². The van der Waals surface area contributed by atoms with Crippen LogP contribution in [0.2, 0.25) is 0 Å². The third-order valence-electron chi connectivity index (χ3n) is 1.74. The van der Waals surface area contributed by atoms with Gasteiger partial charge in [0.05, 0.1) is 13.2 Å². The average molecular weight is 196 g/mol. The molecule has 0 aromatic heterocycles. The molecule has 1 radical (unpaired) electrons. The number of nitrogens with zero attached hydrogens (tertiary/aromatic N) is 1. The van der Waals surface area contributed by atoms with Crippen LogP contribution in [0, 0.1) is 0 Å². The van der Waals surface area contributed by atoms with Crippen LogP contribution in [0.5, 0.6) is 0 Å². The Balaban J connectivity index is 0.000001000. The molecule has 0 atom stereocenters. The van der Waals surface area contributed by atoms with Gasteiger partial charge in [-0.3, -0.25) is 4.90 Å². The van der Waals surface area contributed by atoms with Crippen molar-refractivity contribution >= 4 is 0 Å². The molecule has 0 saturated carbocycles. The molecule has 1 saturated heterocycles. The summed E-state index contributed by atoms with van der Waals surface area (Å²) in [5.41, 5.74) is 0. The third-order valence-corrected chi connectivity index (χ3v) is 1.74. The normalized spacial score (nSPS) is 19.4. The van der Waals surface area contributed by atoms with Crippen LogP contribution in [0.3, 0.4) is 0 Å². The molecule has 1 rings (SSSR count). The topological polar surface area (TPSA) is 32.7 Å². The number of hydrogen-bond acceptors (Lipinski definition) is 3. The third kappa shape index (κ3) is 4.83. The van der Waals surface area contributed by atoms with Crippen molar-refractivity contribution in [2.75, 3.05) is 39.5 Å². The summed E-state index contributed by atoms with van der Waals surface area (Å²) < 4.78 is 5.18. The molecule has 1 fully saturated rings. The maximum atomic E-state index is 8.54. The zero-order valence-electron chi connectivity index (χ0n) is 6.70. The first-order valence-electron chi connectivity index (χ1n) is 3.84. The van der Waals surface area contributed by atoms with Gasteiger partial charge in [-0.1, -0.05) is 0 Å². The summed E-state index contributed by atoms with van der Waals surface area (Å²) in [4.78, 5) is 2.32. The van der Waals surface area contributed by atoms with E-state index in [-0.39, 0.29) is 18.6 Å². The Kier molecular flexibility index (Phi) is 7.43. The monoisotopic (exact) mass is 196 g/mol. The minimum absolute atomic E-state index is 0. The molecule has 0 spiro atoms. The predicted molar refractivity (Wildman–Crippen MR) is 39.0 cm³/mol. The van der Waals surface area contributed by atoms with Gasteiger partial charge >= 0.3 is 0 Å². The summed E-state index contributed by atoms with van der Waals surface area (Å²) in [6.07, 6.45) is 0.889. The second kappa shape index (κ2) is 7.13. The summed E-state index contributed by atoms with van der Waals surface area (Å²) in [6, 6.07) is 0. The summed E-state index contributed by atoms with van der Waals surface area (Å²) >= 11 is 0. The number of aliphatic hydroxyl groups excluding tert-OH is 1. The van der Waals surface area contributed by atoms with Crippen LogP contribution in [0.4, 0.5) is 0 Å². The Morgan fingerprint density at radius 3 is 2.45 bits per heavy atom. The van der Waals surface area contributed by atoms with Gasteiger partial charge in [0, 0.05) is 44.8 Å². The molecule has 0 amide bonds. The number of rotatable bonds is 3. The van der Waals surface area contributed by atoms with E-state index in [1.54, 1.807) is 0 Å². The van der Waals surface area contributed by atoms with Crippen LogP contribution in [0.15, 0.2) is 0 Å². The van der Waals surface area contributed by atoms with Crippen molar-refractivity contribution in [3.63, 3.8) is 0 Å². The van der Waals surface area contributed by atoms with Crippen LogP contribution in [-0.4, -0.2) is 49.5 Å². The van der Waals surface area contributed by atoms with E-state index >= 15 is 0 Å². The second-order valence-electron chi connectivity index (χ2n) is 2.53. The molecule has 1 aliphatic rings. The van der Waals surface area contributed by atoms with Gasteiger partial charge in [0.1, 0.15) is 0 Å². The van der Waals surface area contributed by atoms with Gasteiger partial charge < -0.3 is 9.84 Å². The number of hydrogen-bond donors (Lipinski definition) is 1. The number of morpholine rings is 1. The van der Waals surface area contributed by atoms with Crippen LogP contribution in [0.1, 0.15) is 6.42 Å². The number of aliphatic hydroxyl groups is 1. The number of ether oxygens (including phenoxy) is 1. The predicted octanol–water partition coefficient (Wildman–Crippen LogP) is -0.301. The van der Waals surface area contributed by atoms with Crippen LogP contribution in [0.25, 0.3) is 0 Å². The molecule has 0 unspecified atom stereocenters. The fourth-order valence-electron chi connectivity index (χ4n) is 1.12. The van der Waals surface area contributed by atoms with Crippen molar-refractivity contribution < 1.29 is 28.4 Å². The molecule has 1 aliphatic heterocycles. The Morgan fingerprint density at radius 1 is 1.27 bits per heavy atom. The van der Waals surface area contributed by atoms with E-state index in [0.717, 1.165) is 39.3 Å².